The zero-order chi connectivity index (χ0) is 27.7. The maximum absolute atomic E-state index is 15.2. The van der Waals surface area contributed by atoms with Gasteiger partial charge in [-0.1, -0.05) is 29.3 Å². The molecule has 206 valence electrons. The number of aliphatic hydroxyl groups excluding tert-OH is 1. The van der Waals surface area contributed by atoms with Crippen molar-refractivity contribution in [1.29, 1.82) is 0 Å². The molecule has 2 atom stereocenters. The number of rotatable bonds is 10. The van der Waals surface area contributed by atoms with E-state index in [1.54, 1.807) is 19.9 Å². The summed E-state index contributed by atoms with van der Waals surface area (Å²) >= 11 is 12.3. The zero-order valence-electron chi connectivity index (χ0n) is 21.0. The number of likely N-dealkylation sites (tertiary alicyclic amines) is 1. The van der Waals surface area contributed by atoms with Gasteiger partial charge >= 0.3 is 5.92 Å². The summed E-state index contributed by atoms with van der Waals surface area (Å²) in [5.41, 5.74) is -0.590. The summed E-state index contributed by atoms with van der Waals surface area (Å²) in [6.45, 7) is 4.77. The highest BCUT2D eigenvalue weighted by Crippen LogP contribution is 2.35. The second-order valence-corrected chi connectivity index (χ2v) is 11.0. The molecule has 2 aromatic carbocycles. The Bertz CT molecular complexity index is 1290. The number of hydrogen-bond donors (Lipinski definition) is 3. The van der Waals surface area contributed by atoms with Gasteiger partial charge in [-0.05, 0) is 81.7 Å². The predicted molar refractivity (Wildman–Crippen MR) is 141 cm³/mol. The first-order valence-corrected chi connectivity index (χ1v) is 13.0. The number of carbonyl (C=O) groups is 1. The first-order valence-electron chi connectivity index (χ1n) is 12.3. The monoisotopic (exact) mass is 570 g/mol. The van der Waals surface area contributed by atoms with Gasteiger partial charge in [0.1, 0.15) is 24.0 Å². The van der Waals surface area contributed by atoms with Crippen LogP contribution in [0, 0.1) is 0 Å². The largest absolute Gasteiger partial charge is 0.489 e. The molecule has 0 aliphatic carbocycles. The van der Waals surface area contributed by atoms with Crippen molar-refractivity contribution in [3.63, 3.8) is 0 Å². The van der Waals surface area contributed by atoms with Crippen molar-refractivity contribution in [3.8, 4) is 5.75 Å². The maximum atomic E-state index is 15.2. The second kappa shape index (κ2) is 11.4. The van der Waals surface area contributed by atoms with Crippen LogP contribution in [0.15, 0.2) is 46.9 Å². The van der Waals surface area contributed by atoms with Gasteiger partial charge in [0, 0.05) is 17.0 Å². The van der Waals surface area contributed by atoms with Gasteiger partial charge in [0.05, 0.1) is 16.7 Å². The van der Waals surface area contributed by atoms with Gasteiger partial charge in [-0.15, -0.1) is 0 Å². The van der Waals surface area contributed by atoms with E-state index in [4.69, 9.17) is 32.4 Å². The quantitative estimate of drug-likeness (QED) is 0.306. The molecular weight excluding hydrogens is 541 g/mol. The number of halogens is 4. The Morgan fingerprint density at radius 2 is 1.87 bits per heavy atom. The average molecular weight is 571 g/mol. The van der Waals surface area contributed by atoms with Gasteiger partial charge in [0.2, 0.25) is 0 Å². The van der Waals surface area contributed by atoms with Crippen molar-refractivity contribution in [2.24, 2.45) is 0 Å². The van der Waals surface area contributed by atoms with Crippen molar-refractivity contribution in [3.05, 3.63) is 63.8 Å². The summed E-state index contributed by atoms with van der Waals surface area (Å²) in [4.78, 5) is 14.9. The van der Waals surface area contributed by atoms with Gasteiger partial charge in [-0.25, -0.2) is 0 Å². The highest BCUT2D eigenvalue weighted by atomic mass is 35.5. The molecule has 0 unspecified atom stereocenters. The minimum absolute atomic E-state index is 0.00859. The number of hydrogen-bond acceptors (Lipinski definition) is 6. The highest BCUT2D eigenvalue weighted by molar-refractivity contribution is 6.32. The summed E-state index contributed by atoms with van der Waals surface area (Å²) in [6, 6.07) is 8.96. The van der Waals surface area contributed by atoms with Crippen LogP contribution in [0.1, 0.15) is 44.1 Å². The second-order valence-electron chi connectivity index (χ2n) is 10.2. The molecule has 0 bridgehead atoms. The topological polar surface area (TPSA) is 95.2 Å². The highest BCUT2D eigenvalue weighted by Gasteiger charge is 2.46. The Labute approximate surface area is 229 Å². The fourth-order valence-corrected chi connectivity index (χ4v) is 4.74. The molecule has 1 saturated heterocycles. The summed E-state index contributed by atoms with van der Waals surface area (Å²) < 4.78 is 41.3. The summed E-state index contributed by atoms with van der Waals surface area (Å²) in [6.07, 6.45) is 0.534. The molecular formula is C27H30Cl2F2N2O5. The van der Waals surface area contributed by atoms with E-state index in [2.05, 4.69) is 5.32 Å². The van der Waals surface area contributed by atoms with Gasteiger partial charge < -0.3 is 29.6 Å². The van der Waals surface area contributed by atoms with E-state index in [0.29, 0.717) is 21.7 Å². The van der Waals surface area contributed by atoms with E-state index in [1.165, 1.54) is 30.3 Å². The number of benzene rings is 2. The summed E-state index contributed by atoms with van der Waals surface area (Å²) in [5.74, 6) is -6.12. The first kappa shape index (κ1) is 28.6. The van der Waals surface area contributed by atoms with Crippen LogP contribution in [0.4, 0.5) is 8.78 Å². The predicted octanol–water partition coefficient (Wildman–Crippen LogP) is 5.30. The van der Waals surface area contributed by atoms with Gasteiger partial charge in [-0.3, -0.25) is 4.79 Å². The minimum Gasteiger partial charge on any atom is -0.489 e. The maximum Gasteiger partial charge on any atom is 0.380 e. The molecule has 1 aliphatic rings. The molecule has 0 radical (unpaired) electrons. The number of fused-ring (bicyclic) bond motifs is 1. The number of aliphatic hydroxyl groups is 2. The fourth-order valence-electron chi connectivity index (χ4n) is 4.31. The summed E-state index contributed by atoms with van der Waals surface area (Å²) in [5, 5.41) is 24.3. The Balaban J connectivity index is 1.55. The van der Waals surface area contributed by atoms with Crippen molar-refractivity contribution in [2.75, 3.05) is 26.2 Å². The average Bonchev–Trinajstić information content (AvgIpc) is 3.51. The fraction of sp³-hybridized carbons (Fsp3) is 0.444. The molecule has 0 spiro atoms. The Hall–Kier alpha value is -2.43. The van der Waals surface area contributed by atoms with Crippen LogP contribution < -0.4 is 10.1 Å². The normalized spacial score (nSPS) is 16.5. The SMILES string of the molecule is CC(C)(O)COc1ccc([C@@H](O)[C@@H](CN2CCCC2)NC(=O)C(F)(F)c2cc3cc(Cl)ccc3o2)cc1Cl. The van der Waals surface area contributed by atoms with Crippen LogP contribution >= 0.6 is 23.2 Å². The number of amides is 1. The third-order valence-corrected chi connectivity index (χ3v) is 6.83. The van der Waals surface area contributed by atoms with Gasteiger partial charge in [0.15, 0.2) is 5.76 Å². The zero-order valence-corrected chi connectivity index (χ0v) is 22.5. The lowest BCUT2D eigenvalue weighted by molar-refractivity contribution is -0.151. The molecule has 3 N–H and O–H groups in total. The number of ether oxygens (including phenoxy) is 1. The van der Waals surface area contributed by atoms with E-state index in [9.17, 15) is 15.0 Å². The van der Waals surface area contributed by atoms with Gasteiger partial charge in [0.25, 0.3) is 5.91 Å². The number of alkyl halides is 2. The van der Waals surface area contributed by atoms with Crippen LogP contribution in [-0.2, 0) is 10.7 Å². The standard InChI is InChI=1S/C27H30Cl2F2N2O5/c1-26(2,36)15-37-22-7-5-16(12-19(22)29)24(34)20(14-33-9-3-4-10-33)32-25(35)27(30,31)23-13-17-11-18(28)6-8-21(17)38-23/h5-8,11-13,20,24,34,36H,3-4,9-10,14-15H2,1-2H3,(H,32,35)/t20-,24-/m1/s1. The molecule has 1 aromatic heterocycles. The molecule has 1 fully saturated rings. The lowest BCUT2D eigenvalue weighted by Crippen LogP contribution is -2.50. The van der Waals surface area contributed by atoms with Crippen molar-refractivity contribution in [1.82, 2.24) is 10.2 Å². The molecule has 7 nitrogen and oxygen atoms in total. The number of carbonyl (C=O) groups excluding carboxylic acids is 1. The molecule has 0 saturated carbocycles. The number of nitrogens with zero attached hydrogens (tertiary/aromatic N) is 1. The first-order chi connectivity index (χ1) is 17.8. The summed E-state index contributed by atoms with van der Waals surface area (Å²) in [7, 11) is 0. The Kier molecular flexibility index (Phi) is 8.54. The van der Waals surface area contributed by atoms with E-state index >= 15 is 8.78 Å². The van der Waals surface area contributed by atoms with E-state index in [0.717, 1.165) is 32.0 Å². The van der Waals surface area contributed by atoms with Crippen molar-refractivity contribution >= 4 is 40.1 Å². The van der Waals surface area contributed by atoms with E-state index < -0.39 is 35.3 Å². The molecule has 1 aliphatic heterocycles. The molecule has 11 heteroatoms. The Morgan fingerprint density at radius 1 is 1.16 bits per heavy atom. The van der Waals surface area contributed by atoms with Crippen LogP contribution in [0.2, 0.25) is 10.0 Å². The smallest absolute Gasteiger partial charge is 0.380 e. The lowest BCUT2D eigenvalue weighted by Gasteiger charge is -2.30. The van der Waals surface area contributed by atoms with Crippen LogP contribution in [0.5, 0.6) is 5.75 Å². The third-order valence-electron chi connectivity index (χ3n) is 6.30. The molecule has 3 aromatic rings. The number of furan rings is 1. The third kappa shape index (κ3) is 6.76. The molecule has 2 heterocycles. The molecule has 38 heavy (non-hydrogen) atoms. The lowest BCUT2D eigenvalue weighted by atomic mass is 10.0. The van der Waals surface area contributed by atoms with Crippen LogP contribution in [-0.4, -0.2) is 58.9 Å². The Morgan fingerprint density at radius 3 is 2.53 bits per heavy atom. The minimum atomic E-state index is -4.00. The van der Waals surface area contributed by atoms with Crippen molar-refractivity contribution < 1.29 is 32.9 Å². The van der Waals surface area contributed by atoms with Crippen LogP contribution in [0.3, 0.4) is 0 Å². The van der Waals surface area contributed by atoms with Crippen molar-refractivity contribution in [2.45, 2.75) is 50.4 Å². The number of nitrogens with one attached hydrogen (secondary N) is 1. The molecule has 4 rings (SSSR count). The molecule has 1 amide bonds. The van der Waals surface area contributed by atoms with E-state index in [-0.39, 0.29) is 23.8 Å². The van der Waals surface area contributed by atoms with E-state index in [1.807, 2.05) is 4.90 Å². The van der Waals surface area contributed by atoms with Gasteiger partial charge in [-0.2, -0.15) is 8.78 Å². The van der Waals surface area contributed by atoms with Crippen LogP contribution in [0.25, 0.3) is 11.0 Å².